The number of thiocarbonyl (C=S) groups is 1. The number of para-hydroxylation sites is 1. The Bertz CT molecular complexity index is 896. The van der Waals surface area contributed by atoms with Crippen molar-refractivity contribution >= 4 is 34.8 Å². The lowest BCUT2D eigenvalue weighted by Crippen LogP contribution is -2.34. The predicted octanol–water partition coefficient (Wildman–Crippen LogP) is 3.12. The Labute approximate surface area is 181 Å². The third kappa shape index (κ3) is 6.01. The van der Waals surface area contributed by atoms with Crippen LogP contribution in [0.15, 0.2) is 48.5 Å². The zero-order valence-electron chi connectivity index (χ0n) is 16.8. The summed E-state index contributed by atoms with van der Waals surface area (Å²) in [7, 11) is 0. The predicted molar refractivity (Wildman–Crippen MR) is 119 cm³/mol. The van der Waals surface area contributed by atoms with Gasteiger partial charge in [0.15, 0.2) is 5.11 Å². The Hall–Kier alpha value is -2.97. The summed E-state index contributed by atoms with van der Waals surface area (Å²) >= 11 is 5.23. The number of benzene rings is 2. The highest BCUT2D eigenvalue weighted by Gasteiger charge is 2.17. The number of hydrogen-bond donors (Lipinski definition) is 3. The summed E-state index contributed by atoms with van der Waals surface area (Å²) in [5.74, 6) is -0.0131. The van der Waals surface area contributed by atoms with Crippen LogP contribution in [0.2, 0.25) is 0 Å². The molecule has 0 aromatic heterocycles. The van der Waals surface area contributed by atoms with Crippen LogP contribution in [0, 0.1) is 0 Å². The number of anilines is 1. The first-order valence-electron chi connectivity index (χ1n) is 9.91. The molecule has 2 aromatic rings. The van der Waals surface area contributed by atoms with E-state index < -0.39 is 0 Å². The smallest absolute Gasteiger partial charge is 0.261 e. The van der Waals surface area contributed by atoms with Gasteiger partial charge < -0.3 is 20.1 Å². The molecule has 1 atom stereocenters. The number of rotatable bonds is 7. The van der Waals surface area contributed by atoms with Crippen molar-refractivity contribution < 1.29 is 19.1 Å². The zero-order chi connectivity index (χ0) is 21.3. The lowest BCUT2D eigenvalue weighted by atomic mass is 10.2. The minimum absolute atomic E-state index is 0.101. The van der Waals surface area contributed by atoms with Gasteiger partial charge in [0, 0.05) is 24.4 Å². The molecule has 0 radical (unpaired) electrons. The second-order valence-corrected chi connectivity index (χ2v) is 7.17. The fourth-order valence-electron chi connectivity index (χ4n) is 3.09. The molecule has 0 bridgehead atoms. The fourth-order valence-corrected chi connectivity index (χ4v) is 3.30. The van der Waals surface area contributed by atoms with E-state index in [1.807, 2.05) is 6.92 Å². The Morgan fingerprint density at radius 3 is 2.60 bits per heavy atom. The van der Waals surface area contributed by atoms with Crippen molar-refractivity contribution in [2.75, 3.05) is 25.1 Å². The van der Waals surface area contributed by atoms with Gasteiger partial charge in [-0.2, -0.15) is 0 Å². The van der Waals surface area contributed by atoms with Crippen LogP contribution in [-0.2, 0) is 4.74 Å². The molecule has 1 aliphatic rings. The summed E-state index contributed by atoms with van der Waals surface area (Å²) in [5, 5.41) is 8.62. The number of carbonyl (C=O) groups is 2. The normalized spacial score (nSPS) is 15.3. The molecule has 1 heterocycles. The SMILES string of the molecule is CCOc1ccccc1C(=O)NC(=S)Nc1ccc(C(=O)NCC2CCCO2)cc1. The van der Waals surface area contributed by atoms with E-state index in [9.17, 15) is 9.59 Å². The monoisotopic (exact) mass is 427 g/mol. The highest BCUT2D eigenvalue weighted by Crippen LogP contribution is 2.18. The Kier molecular flexibility index (Phi) is 7.75. The van der Waals surface area contributed by atoms with Crippen LogP contribution in [0.5, 0.6) is 5.75 Å². The summed E-state index contributed by atoms with van der Waals surface area (Å²) in [6, 6.07) is 13.8. The van der Waals surface area contributed by atoms with Gasteiger partial charge in [-0.3, -0.25) is 14.9 Å². The molecule has 0 spiro atoms. The van der Waals surface area contributed by atoms with Crippen LogP contribution in [0.25, 0.3) is 0 Å². The first-order chi connectivity index (χ1) is 14.6. The van der Waals surface area contributed by atoms with Crippen molar-refractivity contribution in [2.45, 2.75) is 25.9 Å². The summed E-state index contributed by atoms with van der Waals surface area (Å²) in [6.45, 7) is 3.58. The topological polar surface area (TPSA) is 88.7 Å². The second kappa shape index (κ2) is 10.7. The number of amides is 2. The average molecular weight is 428 g/mol. The van der Waals surface area contributed by atoms with Gasteiger partial charge in [0.05, 0.1) is 18.3 Å². The average Bonchev–Trinajstić information content (AvgIpc) is 3.27. The van der Waals surface area contributed by atoms with Gasteiger partial charge in [-0.25, -0.2) is 0 Å². The van der Waals surface area contributed by atoms with Crippen molar-refractivity contribution in [3.05, 3.63) is 59.7 Å². The number of nitrogens with one attached hydrogen (secondary N) is 3. The summed E-state index contributed by atoms with van der Waals surface area (Å²) in [5.41, 5.74) is 1.61. The highest BCUT2D eigenvalue weighted by molar-refractivity contribution is 7.80. The Balaban J connectivity index is 1.51. The van der Waals surface area contributed by atoms with Crippen LogP contribution in [0.1, 0.15) is 40.5 Å². The standard InChI is InChI=1S/C22H25N3O4S/c1-2-28-19-8-4-3-7-18(19)21(27)25-22(30)24-16-11-9-15(10-12-16)20(26)23-14-17-6-5-13-29-17/h3-4,7-12,17H,2,5-6,13-14H2,1H3,(H,23,26)(H2,24,25,27,30). The molecule has 1 fully saturated rings. The van der Waals surface area contributed by atoms with Gasteiger partial charge in [0.1, 0.15) is 5.75 Å². The van der Waals surface area contributed by atoms with Gasteiger partial charge in [0.2, 0.25) is 0 Å². The third-order valence-corrected chi connectivity index (χ3v) is 4.78. The largest absolute Gasteiger partial charge is 0.493 e. The third-order valence-electron chi connectivity index (χ3n) is 4.58. The number of hydrogen-bond acceptors (Lipinski definition) is 5. The fraction of sp³-hybridized carbons (Fsp3) is 0.318. The van der Waals surface area contributed by atoms with E-state index in [0.717, 1.165) is 19.4 Å². The molecular weight excluding hydrogens is 402 g/mol. The molecule has 7 nitrogen and oxygen atoms in total. The number of carbonyl (C=O) groups excluding carboxylic acids is 2. The summed E-state index contributed by atoms with van der Waals surface area (Å²) in [6.07, 6.45) is 2.11. The number of ether oxygens (including phenoxy) is 2. The maximum absolute atomic E-state index is 12.5. The zero-order valence-corrected chi connectivity index (χ0v) is 17.6. The molecule has 0 aliphatic carbocycles. The van der Waals surface area contributed by atoms with Gasteiger partial charge in [-0.15, -0.1) is 0 Å². The van der Waals surface area contributed by atoms with Crippen LogP contribution < -0.4 is 20.7 Å². The van der Waals surface area contributed by atoms with Gasteiger partial charge in [-0.1, -0.05) is 12.1 Å². The highest BCUT2D eigenvalue weighted by atomic mass is 32.1. The first-order valence-corrected chi connectivity index (χ1v) is 10.3. The van der Waals surface area contributed by atoms with E-state index in [-0.39, 0.29) is 23.0 Å². The van der Waals surface area contributed by atoms with E-state index in [1.165, 1.54) is 0 Å². The molecule has 8 heteroatoms. The molecular formula is C22H25N3O4S. The molecule has 3 rings (SSSR count). The van der Waals surface area contributed by atoms with Crippen molar-refractivity contribution in [1.29, 1.82) is 0 Å². The Morgan fingerprint density at radius 2 is 1.90 bits per heavy atom. The van der Waals surface area contributed by atoms with Crippen molar-refractivity contribution in [3.63, 3.8) is 0 Å². The van der Waals surface area contributed by atoms with E-state index >= 15 is 0 Å². The van der Waals surface area contributed by atoms with Crippen LogP contribution in [0.4, 0.5) is 5.69 Å². The van der Waals surface area contributed by atoms with Gasteiger partial charge in [-0.05, 0) is 68.4 Å². The van der Waals surface area contributed by atoms with Crippen molar-refractivity contribution in [1.82, 2.24) is 10.6 Å². The Morgan fingerprint density at radius 1 is 1.13 bits per heavy atom. The van der Waals surface area contributed by atoms with E-state index in [0.29, 0.717) is 35.7 Å². The lowest BCUT2D eigenvalue weighted by molar-refractivity contribution is 0.0857. The van der Waals surface area contributed by atoms with Crippen LogP contribution >= 0.6 is 12.2 Å². The lowest BCUT2D eigenvalue weighted by Gasteiger charge is -2.13. The summed E-state index contributed by atoms with van der Waals surface area (Å²) < 4.78 is 11.0. The molecule has 30 heavy (non-hydrogen) atoms. The van der Waals surface area contributed by atoms with E-state index in [4.69, 9.17) is 21.7 Å². The molecule has 2 aromatic carbocycles. The van der Waals surface area contributed by atoms with Crippen molar-refractivity contribution in [3.8, 4) is 5.75 Å². The van der Waals surface area contributed by atoms with Gasteiger partial charge >= 0.3 is 0 Å². The van der Waals surface area contributed by atoms with Crippen molar-refractivity contribution in [2.24, 2.45) is 0 Å². The molecule has 0 saturated carbocycles. The van der Waals surface area contributed by atoms with Crippen LogP contribution in [0.3, 0.4) is 0 Å². The first kappa shape index (κ1) is 21.7. The van der Waals surface area contributed by atoms with E-state index in [1.54, 1.807) is 48.5 Å². The maximum Gasteiger partial charge on any atom is 0.261 e. The molecule has 2 amide bonds. The summed E-state index contributed by atoms with van der Waals surface area (Å²) in [4.78, 5) is 24.7. The molecule has 1 saturated heterocycles. The molecule has 158 valence electrons. The van der Waals surface area contributed by atoms with Crippen LogP contribution in [-0.4, -0.2) is 42.8 Å². The van der Waals surface area contributed by atoms with E-state index in [2.05, 4.69) is 16.0 Å². The molecule has 3 N–H and O–H groups in total. The second-order valence-electron chi connectivity index (χ2n) is 6.76. The molecule has 1 aliphatic heterocycles. The maximum atomic E-state index is 12.5. The van der Waals surface area contributed by atoms with Gasteiger partial charge in [0.25, 0.3) is 11.8 Å². The minimum atomic E-state index is -0.360. The molecule has 1 unspecified atom stereocenters. The minimum Gasteiger partial charge on any atom is -0.493 e. The quantitative estimate of drug-likeness (QED) is 0.589.